The smallest absolute Gasteiger partial charge is 0.143 e. The fraction of sp³-hybridized carbons (Fsp3) is 0. The topological polar surface area (TPSA) is 16.4 Å². The van der Waals surface area contributed by atoms with Crippen LogP contribution in [0.3, 0.4) is 0 Å². The Morgan fingerprint density at radius 1 is 0.375 bits per heavy atom. The van der Waals surface area contributed by atoms with Gasteiger partial charge in [-0.25, -0.2) is 0 Å². The molecule has 2 heteroatoms. The van der Waals surface area contributed by atoms with E-state index in [1.165, 1.54) is 4.90 Å². The van der Waals surface area contributed by atoms with Gasteiger partial charge >= 0.3 is 0 Å². The lowest BCUT2D eigenvalue weighted by atomic mass is 9.93. The zero-order chi connectivity index (χ0) is 44.0. The summed E-state index contributed by atoms with van der Waals surface area (Å²) in [5.41, 5.74) is 3.76. The standard InChI is InChI=1S/C54H35NO/c1-2-14-40-34-41(25-24-36(40)12-1)37-26-30-43(31-27-37)55(44-32-28-39(29-33-44)46-21-11-16-38-13-3-5-17-45(38)46)51-22-9-7-19-48(51)50-35-42-15-4-6-18-47(42)54-53(50)49-20-8-10-23-52(49)56-54/h1-35H/i26D,27D,28D,29D,30D,31D,32D,33D. The third-order valence-corrected chi connectivity index (χ3v) is 10.6. The summed E-state index contributed by atoms with van der Waals surface area (Å²) in [5, 5.41) is 6.92. The summed E-state index contributed by atoms with van der Waals surface area (Å²) in [7, 11) is 0. The van der Waals surface area contributed by atoms with Crippen LogP contribution in [0.4, 0.5) is 17.1 Å². The van der Waals surface area contributed by atoms with Crippen LogP contribution in [0, 0.1) is 0 Å². The van der Waals surface area contributed by atoms with E-state index in [0.717, 1.165) is 48.7 Å². The van der Waals surface area contributed by atoms with Crippen molar-refractivity contribution in [1.29, 1.82) is 0 Å². The third-order valence-electron chi connectivity index (χ3n) is 10.6. The molecule has 0 N–H and O–H groups in total. The molecular weight excluding hydrogens is 679 g/mol. The van der Waals surface area contributed by atoms with Gasteiger partial charge in [0.15, 0.2) is 0 Å². The van der Waals surface area contributed by atoms with Crippen LogP contribution in [-0.4, -0.2) is 0 Å². The Bertz CT molecular complexity index is 3680. The molecule has 0 atom stereocenters. The first-order valence-corrected chi connectivity index (χ1v) is 18.5. The Balaban J connectivity index is 1.24. The largest absolute Gasteiger partial charge is 0.455 e. The SMILES string of the molecule is [2H]c1c([2H])c(N(c2ccccc2-c2cc3ccccc3c3oc4ccccc4c23)c2c([2H])c([2H])c(-c3cccc4ccccc34)c([2H])c2[2H])c([2H])c([2H])c1-c1ccc2ccccc2c1. The summed E-state index contributed by atoms with van der Waals surface area (Å²) < 4.78 is 84.0. The molecule has 1 heterocycles. The second-order valence-electron chi connectivity index (χ2n) is 13.8. The molecule has 0 saturated heterocycles. The maximum absolute atomic E-state index is 9.80. The van der Waals surface area contributed by atoms with Crippen molar-refractivity contribution in [1.82, 2.24) is 0 Å². The van der Waals surface area contributed by atoms with Crippen molar-refractivity contribution in [2.45, 2.75) is 0 Å². The van der Waals surface area contributed by atoms with E-state index in [4.69, 9.17) is 4.42 Å². The van der Waals surface area contributed by atoms with Crippen LogP contribution < -0.4 is 4.90 Å². The average Bonchev–Trinajstić information content (AvgIpc) is 3.72. The maximum Gasteiger partial charge on any atom is 0.143 e. The zero-order valence-electron chi connectivity index (χ0n) is 37.9. The molecular formula is C54H35NO. The summed E-state index contributed by atoms with van der Waals surface area (Å²) in [5.74, 6) is 0. The minimum atomic E-state index is -0.411. The molecule has 10 aromatic carbocycles. The minimum absolute atomic E-state index is 0.102. The number of benzene rings is 10. The fourth-order valence-electron chi connectivity index (χ4n) is 7.92. The van der Waals surface area contributed by atoms with Crippen LogP contribution >= 0.6 is 0 Å². The third kappa shape index (κ3) is 5.34. The van der Waals surface area contributed by atoms with Gasteiger partial charge in [-0.15, -0.1) is 0 Å². The van der Waals surface area contributed by atoms with Gasteiger partial charge in [-0.2, -0.15) is 0 Å². The van der Waals surface area contributed by atoms with E-state index in [0.29, 0.717) is 33.5 Å². The second kappa shape index (κ2) is 13.2. The molecule has 11 rings (SSSR count). The van der Waals surface area contributed by atoms with E-state index < -0.39 is 24.2 Å². The van der Waals surface area contributed by atoms with E-state index in [9.17, 15) is 11.0 Å². The number of fused-ring (bicyclic) bond motifs is 7. The van der Waals surface area contributed by atoms with Gasteiger partial charge in [0, 0.05) is 33.1 Å². The summed E-state index contributed by atoms with van der Waals surface area (Å²) in [6.07, 6.45) is 0. The first-order chi connectivity index (χ1) is 31.1. The van der Waals surface area contributed by atoms with Crippen LogP contribution in [0.15, 0.2) is 217 Å². The van der Waals surface area contributed by atoms with E-state index in [2.05, 4.69) is 0 Å². The van der Waals surface area contributed by atoms with Crippen LogP contribution in [0.2, 0.25) is 0 Å². The van der Waals surface area contributed by atoms with Gasteiger partial charge < -0.3 is 9.32 Å². The predicted molar refractivity (Wildman–Crippen MR) is 237 cm³/mol. The van der Waals surface area contributed by atoms with Gasteiger partial charge in [0.1, 0.15) is 11.2 Å². The molecule has 2 nitrogen and oxygen atoms in total. The number of rotatable bonds is 6. The van der Waals surface area contributed by atoms with Gasteiger partial charge in [0.05, 0.1) is 16.7 Å². The number of anilines is 3. The van der Waals surface area contributed by atoms with Crippen molar-refractivity contribution >= 4 is 71.3 Å². The molecule has 0 spiro atoms. The van der Waals surface area contributed by atoms with Crippen molar-refractivity contribution in [3.05, 3.63) is 212 Å². The molecule has 0 saturated carbocycles. The van der Waals surface area contributed by atoms with Crippen molar-refractivity contribution in [3.63, 3.8) is 0 Å². The molecule has 0 aliphatic rings. The van der Waals surface area contributed by atoms with Gasteiger partial charge in [0.2, 0.25) is 0 Å². The normalized spacial score (nSPS) is 13.6. The van der Waals surface area contributed by atoms with Crippen molar-refractivity contribution in [2.24, 2.45) is 0 Å². The highest BCUT2D eigenvalue weighted by molar-refractivity contribution is 6.22. The number of nitrogens with zero attached hydrogens (tertiary/aromatic N) is 1. The summed E-state index contributed by atoms with van der Waals surface area (Å²) >= 11 is 0. The summed E-state index contributed by atoms with van der Waals surface area (Å²) in [6.45, 7) is 0. The van der Waals surface area contributed by atoms with Crippen molar-refractivity contribution in [2.75, 3.05) is 4.90 Å². The van der Waals surface area contributed by atoms with E-state index >= 15 is 0 Å². The Kier molecular flexibility index (Phi) is 5.83. The molecule has 0 radical (unpaired) electrons. The lowest BCUT2D eigenvalue weighted by molar-refractivity contribution is 0.673. The van der Waals surface area contributed by atoms with Crippen LogP contribution in [0.25, 0.3) is 87.6 Å². The highest BCUT2D eigenvalue weighted by Crippen LogP contribution is 2.47. The molecule has 0 unspecified atom stereocenters. The van der Waals surface area contributed by atoms with E-state index in [-0.39, 0.29) is 46.7 Å². The van der Waals surface area contributed by atoms with Crippen LogP contribution in [0.5, 0.6) is 0 Å². The molecule has 0 aliphatic heterocycles. The molecule has 11 aromatic rings. The van der Waals surface area contributed by atoms with Crippen molar-refractivity contribution in [3.8, 4) is 33.4 Å². The van der Waals surface area contributed by atoms with Gasteiger partial charge in [-0.1, -0.05) is 164 Å². The minimum Gasteiger partial charge on any atom is -0.455 e. The van der Waals surface area contributed by atoms with Gasteiger partial charge in [0.25, 0.3) is 0 Å². The highest BCUT2D eigenvalue weighted by atomic mass is 16.3. The lowest BCUT2D eigenvalue weighted by Gasteiger charge is -2.28. The van der Waals surface area contributed by atoms with Crippen molar-refractivity contribution < 1.29 is 15.4 Å². The Morgan fingerprint density at radius 3 is 1.77 bits per heavy atom. The van der Waals surface area contributed by atoms with Crippen LogP contribution in [0.1, 0.15) is 11.0 Å². The Morgan fingerprint density at radius 2 is 0.964 bits per heavy atom. The molecule has 0 bridgehead atoms. The van der Waals surface area contributed by atoms with E-state index in [1.54, 1.807) is 24.3 Å². The first-order valence-electron chi connectivity index (χ1n) is 22.5. The molecule has 56 heavy (non-hydrogen) atoms. The molecule has 0 fully saturated rings. The predicted octanol–water partition coefficient (Wildman–Crippen LogP) is 15.5. The summed E-state index contributed by atoms with van der Waals surface area (Å²) in [6, 6.07) is 48.5. The number of para-hydroxylation sites is 2. The monoisotopic (exact) mass is 721 g/mol. The maximum atomic E-state index is 9.80. The fourth-order valence-corrected chi connectivity index (χ4v) is 7.92. The molecule has 262 valence electrons. The Labute approximate surface area is 336 Å². The quantitative estimate of drug-likeness (QED) is 0.170. The van der Waals surface area contributed by atoms with E-state index in [1.807, 2.05) is 140 Å². The lowest BCUT2D eigenvalue weighted by Crippen LogP contribution is -2.11. The van der Waals surface area contributed by atoms with Gasteiger partial charge in [-0.3, -0.25) is 0 Å². The first kappa shape index (κ1) is 24.8. The molecule has 1 aromatic heterocycles. The number of hydrogen-bond donors (Lipinski definition) is 0. The van der Waals surface area contributed by atoms with Gasteiger partial charge in [-0.05, 0) is 103 Å². The summed E-state index contributed by atoms with van der Waals surface area (Å²) in [4.78, 5) is 1.40. The van der Waals surface area contributed by atoms with Crippen LogP contribution in [-0.2, 0) is 0 Å². The average molecular weight is 722 g/mol. The second-order valence-corrected chi connectivity index (χ2v) is 13.8. The number of hydrogen-bond acceptors (Lipinski definition) is 2. The Hall–Kier alpha value is -7.42. The molecule has 0 amide bonds. The number of furan rings is 1. The zero-order valence-corrected chi connectivity index (χ0v) is 29.9. The highest BCUT2D eigenvalue weighted by Gasteiger charge is 2.22. The molecule has 0 aliphatic carbocycles.